The van der Waals surface area contributed by atoms with Gasteiger partial charge in [-0.1, -0.05) is 0 Å². The molecule has 0 amide bonds. The third kappa shape index (κ3) is 4.94. The Morgan fingerprint density at radius 2 is 1.93 bits per heavy atom. The summed E-state index contributed by atoms with van der Waals surface area (Å²) in [5, 5.41) is 9.65. The van der Waals surface area contributed by atoms with Crippen molar-refractivity contribution in [2.24, 2.45) is 5.92 Å². The van der Waals surface area contributed by atoms with E-state index < -0.39 is 5.60 Å². The first kappa shape index (κ1) is 12.0. The molecular formula is C11H23NO2. The van der Waals surface area contributed by atoms with Gasteiger partial charge in [-0.25, -0.2) is 0 Å². The van der Waals surface area contributed by atoms with Gasteiger partial charge in [-0.2, -0.15) is 0 Å². The van der Waals surface area contributed by atoms with Gasteiger partial charge in [0.1, 0.15) is 0 Å². The van der Waals surface area contributed by atoms with Crippen LogP contribution in [0.1, 0.15) is 26.7 Å². The Bertz CT molecular complexity index is 159. The first-order chi connectivity index (χ1) is 6.47. The zero-order chi connectivity index (χ0) is 10.6. The maximum atomic E-state index is 9.65. The molecule has 84 valence electrons. The molecule has 0 radical (unpaired) electrons. The average Bonchev–Trinajstić information content (AvgIpc) is 2.02. The molecule has 14 heavy (non-hydrogen) atoms. The minimum atomic E-state index is -0.583. The maximum Gasteiger partial charge on any atom is 0.0718 e. The van der Waals surface area contributed by atoms with Crippen molar-refractivity contribution in [2.45, 2.75) is 32.3 Å². The number of hydrogen-bond donors (Lipinski definition) is 1. The van der Waals surface area contributed by atoms with Crippen LogP contribution in [-0.2, 0) is 4.74 Å². The van der Waals surface area contributed by atoms with Crippen LogP contribution < -0.4 is 0 Å². The fourth-order valence-electron chi connectivity index (χ4n) is 2.09. The van der Waals surface area contributed by atoms with E-state index in [2.05, 4.69) is 11.9 Å². The Hall–Kier alpha value is -0.120. The zero-order valence-corrected chi connectivity index (χ0v) is 9.62. The molecular weight excluding hydrogens is 178 g/mol. The highest BCUT2D eigenvalue weighted by atomic mass is 16.5. The molecule has 0 aliphatic carbocycles. The number of hydrogen-bond acceptors (Lipinski definition) is 3. The van der Waals surface area contributed by atoms with Crippen molar-refractivity contribution in [2.75, 3.05) is 33.4 Å². The normalized spacial score (nSPS) is 20.4. The molecule has 0 aromatic carbocycles. The van der Waals surface area contributed by atoms with Crippen molar-refractivity contribution in [3.63, 3.8) is 0 Å². The summed E-state index contributed by atoms with van der Waals surface area (Å²) in [6.45, 7) is 7.33. The van der Waals surface area contributed by atoms with E-state index in [9.17, 15) is 5.11 Å². The minimum absolute atomic E-state index is 0.583. The van der Waals surface area contributed by atoms with E-state index in [1.54, 1.807) is 0 Å². The third-order valence-electron chi connectivity index (χ3n) is 2.57. The van der Waals surface area contributed by atoms with Crippen LogP contribution in [0, 0.1) is 5.92 Å². The van der Waals surface area contributed by atoms with Gasteiger partial charge in [-0.05, 0) is 39.7 Å². The molecule has 1 saturated heterocycles. The molecule has 0 unspecified atom stereocenters. The lowest BCUT2D eigenvalue weighted by Crippen LogP contribution is -2.39. The Labute approximate surface area is 87.1 Å². The Morgan fingerprint density at radius 1 is 1.36 bits per heavy atom. The molecule has 0 spiro atoms. The molecule has 1 aliphatic rings. The molecule has 0 aromatic rings. The standard InChI is InChI=1S/C11H23NO2/c1-11(2,13)9-12(3)8-10-4-6-14-7-5-10/h10,13H,4-9H2,1-3H3. The van der Waals surface area contributed by atoms with E-state index in [1.807, 2.05) is 13.8 Å². The number of aliphatic hydroxyl groups is 1. The van der Waals surface area contributed by atoms with Crippen LogP contribution in [0.4, 0.5) is 0 Å². The van der Waals surface area contributed by atoms with Crippen LogP contribution in [0.3, 0.4) is 0 Å². The number of nitrogens with zero attached hydrogens (tertiary/aromatic N) is 1. The van der Waals surface area contributed by atoms with Crippen LogP contribution in [0.15, 0.2) is 0 Å². The Kier molecular flexibility index (Phi) is 4.35. The van der Waals surface area contributed by atoms with Gasteiger partial charge >= 0.3 is 0 Å². The van der Waals surface area contributed by atoms with Crippen molar-refractivity contribution >= 4 is 0 Å². The van der Waals surface area contributed by atoms with Crippen molar-refractivity contribution in [3.8, 4) is 0 Å². The molecule has 1 rings (SSSR count). The molecule has 0 bridgehead atoms. The molecule has 3 heteroatoms. The highest BCUT2D eigenvalue weighted by Crippen LogP contribution is 2.16. The number of ether oxygens (including phenoxy) is 1. The SMILES string of the molecule is CN(CC1CCOCC1)CC(C)(C)O. The summed E-state index contributed by atoms with van der Waals surface area (Å²) in [7, 11) is 2.08. The summed E-state index contributed by atoms with van der Waals surface area (Å²) in [5.41, 5.74) is -0.583. The second-order valence-electron chi connectivity index (χ2n) is 5.06. The number of rotatable bonds is 4. The molecule has 1 N–H and O–H groups in total. The van der Waals surface area contributed by atoms with Crippen LogP contribution >= 0.6 is 0 Å². The molecule has 3 nitrogen and oxygen atoms in total. The average molecular weight is 201 g/mol. The fourth-order valence-corrected chi connectivity index (χ4v) is 2.09. The lowest BCUT2D eigenvalue weighted by Gasteiger charge is -2.30. The van der Waals surface area contributed by atoms with Gasteiger partial charge < -0.3 is 14.7 Å². The van der Waals surface area contributed by atoms with Crippen LogP contribution in [-0.4, -0.2) is 49.0 Å². The summed E-state index contributed by atoms with van der Waals surface area (Å²) in [4.78, 5) is 2.22. The van der Waals surface area contributed by atoms with Crippen LogP contribution in [0.25, 0.3) is 0 Å². The smallest absolute Gasteiger partial charge is 0.0718 e. The molecule has 1 aliphatic heterocycles. The molecule has 1 fully saturated rings. The highest BCUT2D eigenvalue weighted by molar-refractivity contribution is 4.73. The first-order valence-electron chi connectivity index (χ1n) is 5.46. The lowest BCUT2D eigenvalue weighted by atomic mass is 9.99. The first-order valence-corrected chi connectivity index (χ1v) is 5.46. The van der Waals surface area contributed by atoms with E-state index in [0.29, 0.717) is 0 Å². The summed E-state index contributed by atoms with van der Waals surface area (Å²) in [6.07, 6.45) is 2.33. The predicted molar refractivity (Wildman–Crippen MR) is 57.3 cm³/mol. The van der Waals surface area contributed by atoms with Crippen molar-refractivity contribution in [1.82, 2.24) is 4.90 Å². The monoisotopic (exact) mass is 201 g/mol. The van der Waals surface area contributed by atoms with Crippen molar-refractivity contribution in [3.05, 3.63) is 0 Å². The van der Waals surface area contributed by atoms with E-state index >= 15 is 0 Å². The van der Waals surface area contributed by atoms with Crippen molar-refractivity contribution < 1.29 is 9.84 Å². The molecule has 0 saturated carbocycles. The van der Waals surface area contributed by atoms with Gasteiger partial charge in [-0.15, -0.1) is 0 Å². The summed E-state index contributed by atoms with van der Waals surface area (Å²) in [5.74, 6) is 0.746. The Morgan fingerprint density at radius 3 is 2.43 bits per heavy atom. The summed E-state index contributed by atoms with van der Waals surface area (Å²) in [6, 6.07) is 0. The van der Waals surface area contributed by atoms with Gasteiger partial charge in [0.2, 0.25) is 0 Å². The highest BCUT2D eigenvalue weighted by Gasteiger charge is 2.20. The van der Waals surface area contributed by atoms with Crippen LogP contribution in [0.2, 0.25) is 0 Å². The third-order valence-corrected chi connectivity index (χ3v) is 2.57. The second kappa shape index (κ2) is 5.10. The van der Waals surface area contributed by atoms with E-state index in [0.717, 1.165) is 45.1 Å². The number of likely N-dealkylation sites (N-methyl/N-ethyl adjacent to an activating group) is 1. The molecule has 0 atom stereocenters. The predicted octanol–water partition coefficient (Wildman–Crippen LogP) is 1.12. The van der Waals surface area contributed by atoms with Gasteiger partial charge in [0.05, 0.1) is 5.60 Å². The summed E-state index contributed by atoms with van der Waals surface area (Å²) < 4.78 is 5.31. The van der Waals surface area contributed by atoms with Gasteiger partial charge in [-0.3, -0.25) is 0 Å². The van der Waals surface area contributed by atoms with Crippen molar-refractivity contribution in [1.29, 1.82) is 0 Å². The van der Waals surface area contributed by atoms with Gasteiger partial charge in [0.25, 0.3) is 0 Å². The molecule has 1 heterocycles. The topological polar surface area (TPSA) is 32.7 Å². The quantitative estimate of drug-likeness (QED) is 0.739. The second-order valence-corrected chi connectivity index (χ2v) is 5.06. The lowest BCUT2D eigenvalue weighted by molar-refractivity contribution is 0.0228. The van der Waals surface area contributed by atoms with E-state index in [4.69, 9.17) is 4.74 Å². The molecule has 0 aromatic heterocycles. The zero-order valence-electron chi connectivity index (χ0n) is 9.62. The van der Waals surface area contributed by atoms with E-state index in [-0.39, 0.29) is 0 Å². The van der Waals surface area contributed by atoms with Gasteiger partial charge in [0.15, 0.2) is 0 Å². The largest absolute Gasteiger partial charge is 0.389 e. The summed E-state index contributed by atoms with van der Waals surface area (Å²) >= 11 is 0. The van der Waals surface area contributed by atoms with E-state index in [1.165, 1.54) is 0 Å². The fraction of sp³-hybridized carbons (Fsp3) is 1.00. The maximum absolute atomic E-state index is 9.65. The van der Waals surface area contributed by atoms with Crippen LogP contribution in [0.5, 0.6) is 0 Å². The van der Waals surface area contributed by atoms with Gasteiger partial charge in [0, 0.05) is 26.3 Å². The minimum Gasteiger partial charge on any atom is -0.389 e. The Balaban J connectivity index is 2.21.